The Morgan fingerprint density at radius 2 is 1.14 bits per heavy atom. The van der Waals surface area contributed by atoms with Crippen LogP contribution in [0.25, 0.3) is 0 Å². The van der Waals surface area contributed by atoms with Gasteiger partial charge in [0, 0.05) is 38.8 Å². The number of thioether (sulfide) groups is 2. The second-order valence-electron chi connectivity index (χ2n) is 12.9. The van der Waals surface area contributed by atoms with Crippen molar-refractivity contribution in [3.8, 4) is 0 Å². The molecule has 1 atom stereocenters. The monoisotopic (exact) mass is 743 g/mol. The first-order valence-electron chi connectivity index (χ1n) is 16.7. The summed E-state index contributed by atoms with van der Waals surface area (Å²) in [6.45, 7) is 9.52. The number of carbonyl (C=O) groups excluding carboxylic acids is 9. The molecule has 2 fully saturated rings. The Bertz CT molecular complexity index is 1240. The topological polar surface area (TPSA) is 215 Å². The van der Waals surface area contributed by atoms with Gasteiger partial charge in [-0.1, -0.05) is 34.1 Å². The smallest absolute Gasteiger partial charge is 0.343 e. The van der Waals surface area contributed by atoms with E-state index in [1.807, 2.05) is 0 Å². The summed E-state index contributed by atoms with van der Waals surface area (Å²) in [6.07, 6.45) is 3.90. The molecule has 2 aliphatic heterocycles. The van der Waals surface area contributed by atoms with E-state index in [1.54, 1.807) is 0 Å². The molecule has 0 saturated carbocycles. The first-order valence-corrected chi connectivity index (χ1v) is 19.0. The lowest BCUT2D eigenvalue weighted by molar-refractivity contribution is -0.195. The van der Waals surface area contributed by atoms with Crippen LogP contribution in [0.5, 0.6) is 0 Å². The minimum atomic E-state index is -0.853. The van der Waals surface area contributed by atoms with Crippen LogP contribution in [0.2, 0.25) is 0 Å². The third kappa shape index (κ3) is 15.5. The van der Waals surface area contributed by atoms with Crippen LogP contribution in [-0.2, 0) is 52.8 Å². The average Bonchev–Trinajstić information content (AvgIpc) is 3.53. The molecule has 2 saturated heterocycles. The number of rotatable bonds is 23. The lowest BCUT2D eigenvalue weighted by atomic mass is 9.77. The number of hydrogen-bond donors (Lipinski definition) is 3. The highest BCUT2D eigenvalue weighted by Crippen LogP contribution is 2.31. The number of hydroxylamine groups is 4. The molecule has 3 N–H and O–H groups in total. The largest absolute Gasteiger partial charge is 0.355 e. The molecule has 16 nitrogen and oxygen atoms in total. The molecule has 0 aromatic heterocycles. The number of nitrogens with one attached hydrogen (secondary N) is 3. The van der Waals surface area contributed by atoms with Crippen molar-refractivity contribution in [3.05, 3.63) is 0 Å². The Hall–Kier alpha value is -3.67. The zero-order chi connectivity index (χ0) is 37.3. The van der Waals surface area contributed by atoms with Gasteiger partial charge in [0.2, 0.25) is 17.7 Å². The summed E-state index contributed by atoms with van der Waals surface area (Å²) >= 11 is 1.88. The highest BCUT2D eigenvalue weighted by Gasteiger charge is 2.34. The van der Waals surface area contributed by atoms with Crippen LogP contribution in [0.4, 0.5) is 0 Å². The van der Waals surface area contributed by atoms with Crippen LogP contribution >= 0.6 is 23.5 Å². The van der Waals surface area contributed by atoms with Crippen molar-refractivity contribution in [1.82, 2.24) is 26.1 Å². The van der Waals surface area contributed by atoms with Gasteiger partial charge >= 0.3 is 11.9 Å². The van der Waals surface area contributed by atoms with Crippen LogP contribution in [0, 0.1) is 11.3 Å². The predicted octanol–water partition coefficient (Wildman–Crippen LogP) is 1.41. The molecule has 0 aromatic carbocycles. The van der Waals surface area contributed by atoms with Crippen molar-refractivity contribution >= 4 is 76.8 Å². The van der Waals surface area contributed by atoms with Gasteiger partial charge in [-0.15, -0.1) is 33.7 Å². The summed E-state index contributed by atoms with van der Waals surface area (Å²) < 4.78 is 0. The third-order valence-corrected chi connectivity index (χ3v) is 10.1. The SMILES string of the molecule is CC(C)C(C)(C)CCCCNC(=O)C(CCCCNC(=O)CSCC(=O)ON1C(=O)CCC1=O)NC(=O)CSCC(=O)ON1C(=O)CCC1=O. The molecule has 7 amide bonds. The van der Waals surface area contributed by atoms with E-state index in [1.165, 1.54) is 0 Å². The maximum Gasteiger partial charge on any atom is 0.343 e. The lowest BCUT2D eigenvalue weighted by Crippen LogP contribution is -2.47. The van der Waals surface area contributed by atoms with Crippen molar-refractivity contribution in [3.63, 3.8) is 0 Å². The highest BCUT2D eigenvalue weighted by molar-refractivity contribution is 8.00. The second-order valence-corrected chi connectivity index (χ2v) is 14.9. The van der Waals surface area contributed by atoms with Crippen molar-refractivity contribution in [2.24, 2.45) is 11.3 Å². The van der Waals surface area contributed by atoms with Crippen molar-refractivity contribution < 1.29 is 52.8 Å². The van der Waals surface area contributed by atoms with Crippen LogP contribution in [0.15, 0.2) is 0 Å². The predicted molar refractivity (Wildman–Crippen MR) is 183 cm³/mol. The normalized spacial score (nSPS) is 15.4. The number of carbonyl (C=O) groups is 9. The van der Waals surface area contributed by atoms with E-state index in [-0.39, 0.29) is 78.9 Å². The molecule has 50 heavy (non-hydrogen) atoms. The Labute approximate surface area is 300 Å². The van der Waals surface area contributed by atoms with Crippen molar-refractivity contribution in [2.45, 2.75) is 97.9 Å². The molecule has 2 aliphatic rings. The highest BCUT2D eigenvalue weighted by atomic mass is 32.2. The van der Waals surface area contributed by atoms with Gasteiger partial charge in [-0.3, -0.25) is 33.6 Å². The number of amides is 7. The fourth-order valence-corrected chi connectivity index (χ4v) is 5.81. The summed E-state index contributed by atoms with van der Waals surface area (Å²) in [4.78, 5) is 118. The zero-order valence-electron chi connectivity index (χ0n) is 29.2. The molecule has 2 heterocycles. The van der Waals surface area contributed by atoms with Gasteiger partial charge in [0.1, 0.15) is 6.04 Å². The molecular formula is C32H49N5O11S2. The number of unbranched alkanes of at least 4 members (excludes halogenated alkanes) is 2. The molecule has 0 aromatic rings. The summed E-state index contributed by atoms with van der Waals surface area (Å²) in [5.74, 6) is -5.42. The van der Waals surface area contributed by atoms with Crippen LogP contribution in [0.1, 0.15) is 91.9 Å². The summed E-state index contributed by atoms with van der Waals surface area (Å²) in [5, 5.41) is 9.20. The molecule has 18 heteroatoms. The molecule has 0 aliphatic carbocycles. The van der Waals surface area contributed by atoms with E-state index in [9.17, 15) is 43.2 Å². The number of nitrogens with zero attached hydrogens (tertiary/aromatic N) is 2. The zero-order valence-corrected chi connectivity index (χ0v) is 30.8. The van der Waals surface area contributed by atoms with Gasteiger partial charge in [-0.2, -0.15) is 0 Å². The molecule has 0 spiro atoms. The number of imide groups is 2. The van der Waals surface area contributed by atoms with Crippen LogP contribution < -0.4 is 16.0 Å². The van der Waals surface area contributed by atoms with Gasteiger partial charge < -0.3 is 25.6 Å². The number of hydrogen-bond acceptors (Lipinski definition) is 13. The molecule has 2 rings (SSSR count). The van der Waals surface area contributed by atoms with Crippen molar-refractivity contribution in [1.29, 1.82) is 0 Å². The Morgan fingerprint density at radius 3 is 1.64 bits per heavy atom. The van der Waals surface area contributed by atoms with Gasteiger partial charge in [0.15, 0.2) is 0 Å². The Balaban J connectivity index is 1.74. The summed E-state index contributed by atoms with van der Waals surface area (Å²) in [5.41, 5.74) is 0.181. The summed E-state index contributed by atoms with van der Waals surface area (Å²) in [6, 6.07) is -0.853. The molecule has 1 unspecified atom stereocenters. The maximum absolute atomic E-state index is 13.0. The van der Waals surface area contributed by atoms with Crippen LogP contribution in [0.3, 0.4) is 0 Å². The molecule has 0 bridgehead atoms. The van der Waals surface area contributed by atoms with Crippen LogP contribution in [-0.4, -0.2) is 106 Å². The van der Waals surface area contributed by atoms with E-state index >= 15 is 0 Å². The minimum Gasteiger partial charge on any atom is -0.355 e. The molecule has 0 radical (unpaired) electrons. The van der Waals surface area contributed by atoms with E-state index in [0.29, 0.717) is 35.4 Å². The third-order valence-electron chi connectivity index (χ3n) is 8.31. The average molecular weight is 744 g/mol. The van der Waals surface area contributed by atoms with E-state index < -0.39 is 47.5 Å². The maximum atomic E-state index is 13.0. The second kappa shape index (κ2) is 21.5. The van der Waals surface area contributed by atoms with Crippen molar-refractivity contribution in [2.75, 3.05) is 36.1 Å². The standard InChI is InChI=1S/C32H49N5O11S2/c1-21(2)32(3,4)14-6-8-16-34-31(46)22(35-24(39)18-50-20-30(45)48-37-27(42)12-13-28(37)43)9-5-7-15-33-23(38)17-49-19-29(44)47-36-25(40)10-11-26(36)41/h21-22H,5-20H2,1-4H3,(H,33,38)(H,34,46)(H,35,39). The van der Waals surface area contributed by atoms with Gasteiger partial charge in [-0.25, -0.2) is 9.59 Å². The van der Waals surface area contributed by atoms with Gasteiger partial charge in [0.05, 0.1) is 23.0 Å². The first kappa shape index (κ1) is 42.5. The Kier molecular flexibility index (Phi) is 18.3. The first-order chi connectivity index (χ1) is 23.6. The van der Waals surface area contributed by atoms with Gasteiger partial charge in [-0.05, 0) is 43.4 Å². The minimum absolute atomic E-state index is 0.0115. The van der Waals surface area contributed by atoms with E-state index in [2.05, 4.69) is 43.6 Å². The van der Waals surface area contributed by atoms with Gasteiger partial charge in [0.25, 0.3) is 23.6 Å². The fourth-order valence-electron chi connectivity index (χ4n) is 4.61. The lowest BCUT2D eigenvalue weighted by Gasteiger charge is -2.29. The summed E-state index contributed by atoms with van der Waals surface area (Å²) in [7, 11) is 0. The van der Waals surface area contributed by atoms with E-state index in [0.717, 1.165) is 42.8 Å². The quantitative estimate of drug-likeness (QED) is 0.0999. The van der Waals surface area contributed by atoms with E-state index in [4.69, 9.17) is 9.68 Å². The molecule has 280 valence electrons. The Morgan fingerprint density at radius 1 is 0.680 bits per heavy atom. The molecular weight excluding hydrogens is 695 g/mol. The fraction of sp³-hybridized carbons (Fsp3) is 0.719.